The lowest BCUT2D eigenvalue weighted by Gasteiger charge is -2.04. The van der Waals surface area contributed by atoms with E-state index in [1.165, 1.54) is 6.07 Å². The van der Waals surface area contributed by atoms with E-state index in [2.05, 4.69) is 10.3 Å². The van der Waals surface area contributed by atoms with Gasteiger partial charge >= 0.3 is 5.97 Å². The van der Waals surface area contributed by atoms with Gasteiger partial charge in [-0.1, -0.05) is 5.21 Å². The average Bonchev–Trinajstić information content (AvgIpc) is 2.77. The number of carboxylic acids is 1. The van der Waals surface area contributed by atoms with E-state index in [0.717, 1.165) is 16.8 Å². The van der Waals surface area contributed by atoms with Gasteiger partial charge in [0.15, 0.2) is 17.3 Å². The summed E-state index contributed by atoms with van der Waals surface area (Å²) in [6.07, 6.45) is 0. The monoisotopic (exact) mass is 264 g/mol. The highest BCUT2D eigenvalue weighted by atomic mass is 19.2. The van der Waals surface area contributed by atoms with E-state index < -0.39 is 23.3 Å². The SMILES string of the molecule is N#CCn1nnc(C(=O)O)c1-c1ccc(F)c(F)c1. The second-order valence-electron chi connectivity index (χ2n) is 3.54. The van der Waals surface area contributed by atoms with Crippen LogP contribution in [-0.4, -0.2) is 26.1 Å². The van der Waals surface area contributed by atoms with Crippen molar-refractivity contribution in [2.75, 3.05) is 0 Å². The molecule has 1 heterocycles. The lowest BCUT2D eigenvalue weighted by Crippen LogP contribution is -2.04. The molecule has 0 unspecified atom stereocenters. The number of carbonyl (C=O) groups is 1. The molecule has 0 aliphatic rings. The first-order valence-corrected chi connectivity index (χ1v) is 5.03. The van der Waals surface area contributed by atoms with Crippen molar-refractivity contribution in [2.24, 2.45) is 0 Å². The maximum Gasteiger partial charge on any atom is 0.358 e. The highest BCUT2D eigenvalue weighted by molar-refractivity contribution is 5.92. The van der Waals surface area contributed by atoms with Gasteiger partial charge in [0.2, 0.25) is 0 Å². The molecule has 0 saturated carbocycles. The van der Waals surface area contributed by atoms with Gasteiger partial charge in [-0.2, -0.15) is 5.26 Å². The van der Waals surface area contributed by atoms with Gasteiger partial charge in [-0.25, -0.2) is 18.3 Å². The highest BCUT2D eigenvalue weighted by Crippen LogP contribution is 2.24. The lowest BCUT2D eigenvalue weighted by atomic mass is 10.1. The normalized spacial score (nSPS) is 10.2. The number of aromatic carboxylic acids is 1. The summed E-state index contributed by atoms with van der Waals surface area (Å²) in [5, 5.41) is 24.5. The highest BCUT2D eigenvalue weighted by Gasteiger charge is 2.21. The second-order valence-corrected chi connectivity index (χ2v) is 3.54. The molecule has 0 spiro atoms. The summed E-state index contributed by atoms with van der Waals surface area (Å²) < 4.78 is 27.1. The molecule has 2 rings (SSSR count). The van der Waals surface area contributed by atoms with Crippen molar-refractivity contribution in [1.29, 1.82) is 5.26 Å². The van der Waals surface area contributed by atoms with E-state index in [9.17, 15) is 13.6 Å². The Morgan fingerprint density at radius 2 is 2.16 bits per heavy atom. The van der Waals surface area contributed by atoms with Crippen LogP contribution in [0.3, 0.4) is 0 Å². The molecular formula is C11H6F2N4O2. The van der Waals surface area contributed by atoms with Crippen molar-refractivity contribution >= 4 is 5.97 Å². The number of benzene rings is 1. The summed E-state index contributed by atoms with van der Waals surface area (Å²) in [5.74, 6) is -3.55. The molecule has 1 aromatic heterocycles. The van der Waals surface area contributed by atoms with E-state index in [-0.39, 0.29) is 17.8 Å². The fraction of sp³-hybridized carbons (Fsp3) is 0.0909. The number of nitrogens with zero attached hydrogens (tertiary/aromatic N) is 4. The van der Waals surface area contributed by atoms with Crippen LogP contribution in [0.25, 0.3) is 11.3 Å². The van der Waals surface area contributed by atoms with Gasteiger partial charge in [0.1, 0.15) is 12.2 Å². The Balaban J connectivity index is 2.64. The van der Waals surface area contributed by atoms with Crippen LogP contribution in [0.1, 0.15) is 10.5 Å². The molecule has 0 atom stereocenters. The largest absolute Gasteiger partial charge is 0.476 e. The van der Waals surface area contributed by atoms with Gasteiger partial charge in [-0.3, -0.25) is 0 Å². The molecule has 19 heavy (non-hydrogen) atoms. The molecule has 6 nitrogen and oxygen atoms in total. The Labute approximate surface area is 105 Å². The standard InChI is InChI=1S/C11H6F2N4O2/c12-7-2-1-6(5-8(7)13)10-9(11(18)19)15-16-17(10)4-3-14/h1-2,5H,4H2,(H,18,19). The Bertz CT molecular complexity index is 690. The topological polar surface area (TPSA) is 91.8 Å². The van der Waals surface area contributed by atoms with Gasteiger partial charge < -0.3 is 5.11 Å². The lowest BCUT2D eigenvalue weighted by molar-refractivity contribution is 0.0691. The van der Waals surface area contributed by atoms with Gasteiger partial charge in [0.25, 0.3) is 0 Å². The number of halogens is 2. The summed E-state index contributed by atoms with van der Waals surface area (Å²) in [5.41, 5.74) is -0.397. The summed E-state index contributed by atoms with van der Waals surface area (Å²) in [6.45, 7) is -0.255. The van der Waals surface area contributed by atoms with Gasteiger partial charge in [0, 0.05) is 5.56 Å². The number of hydrogen-bond donors (Lipinski definition) is 1. The van der Waals surface area contributed by atoms with Crippen LogP contribution in [0.2, 0.25) is 0 Å². The minimum Gasteiger partial charge on any atom is -0.476 e. The summed E-state index contributed by atoms with van der Waals surface area (Å²) in [7, 11) is 0. The molecule has 1 aromatic carbocycles. The number of nitriles is 1. The molecule has 0 saturated heterocycles. The number of rotatable bonds is 3. The molecule has 2 aromatic rings. The molecule has 0 bridgehead atoms. The van der Waals surface area contributed by atoms with Crippen LogP contribution >= 0.6 is 0 Å². The van der Waals surface area contributed by atoms with Crippen molar-refractivity contribution in [3.05, 3.63) is 35.5 Å². The summed E-state index contributed by atoms with van der Waals surface area (Å²) in [6, 6.07) is 4.65. The van der Waals surface area contributed by atoms with Crippen molar-refractivity contribution in [1.82, 2.24) is 15.0 Å². The van der Waals surface area contributed by atoms with E-state index in [0.29, 0.717) is 0 Å². The van der Waals surface area contributed by atoms with Crippen molar-refractivity contribution < 1.29 is 18.7 Å². The van der Waals surface area contributed by atoms with E-state index in [4.69, 9.17) is 10.4 Å². The molecular weight excluding hydrogens is 258 g/mol. The predicted molar refractivity (Wildman–Crippen MR) is 57.9 cm³/mol. The quantitative estimate of drug-likeness (QED) is 0.905. The third-order valence-electron chi connectivity index (χ3n) is 2.35. The molecule has 96 valence electrons. The first kappa shape index (κ1) is 12.6. The van der Waals surface area contributed by atoms with Gasteiger partial charge in [-0.05, 0) is 18.2 Å². The molecule has 0 amide bonds. The Hall–Kier alpha value is -2.82. The van der Waals surface area contributed by atoms with E-state index in [1.54, 1.807) is 6.07 Å². The van der Waals surface area contributed by atoms with E-state index >= 15 is 0 Å². The molecule has 0 fully saturated rings. The van der Waals surface area contributed by atoms with Crippen molar-refractivity contribution in [2.45, 2.75) is 6.54 Å². The third kappa shape index (κ3) is 2.26. The predicted octanol–water partition coefficient (Wildman–Crippen LogP) is 1.45. The van der Waals surface area contributed by atoms with Gasteiger partial charge in [-0.15, -0.1) is 5.10 Å². The smallest absolute Gasteiger partial charge is 0.358 e. The van der Waals surface area contributed by atoms with Crippen LogP contribution in [0.4, 0.5) is 8.78 Å². The third-order valence-corrected chi connectivity index (χ3v) is 2.35. The zero-order valence-electron chi connectivity index (χ0n) is 9.34. The first-order chi connectivity index (χ1) is 9.04. The summed E-state index contributed by atoms with van der Waals surface area (Å²) in [4.78, 5) is 11.0. The van der Waals surface area contributed by atoms with Crippen LogP contribution in [0, 0.1) is 23.0 Å². The van der Waals surface area contributed by atoms with Crippen LogP contribution in [0.15, 0.2) is 18.2 Å². The van der Waals surface area contributed by atoms with E-state index in [1.807, 2.05) is 0 Å². The van der Waals surface area contributed by atoms with Crippen molar-refractivity contribution in [3.8, 4) is 17.3 Å². The number of carboxylic acid groups (broad SMARTS) is 1. The fourth-order valence-electron chi connectivity index (χ4n) is 1.56. The molecule has 8 heteroatoms. The maximum absolute atomic E-state index is 13.2. The Kier molecular flexibility index (Phi) is 3.20. The minimum atomic E-state index is -1.37. The number of aromatic nitrogens is 3. The fourth-order valence-corrected chi connectivity index (χ4v) is 1.56. The van der Waals surface area contributed by atoms with Gasteiger partial charge in [0.05, 0.1) is 6.07 Å². The summed E-state index contributed by atoms with van der Waals surface area (Å²) >= 11 is 0. The zero-order valence-corrected chi connectivity index (χ0v) is 9.34. The average molecular weight is 264 g/mol. The molecule has 0 aliphatic heterocycles. The van der Waals surface area contributed by atoms with Crippen LogP contribution < -0.4 is 0 Å². The molecule has 0 aliphatic carbocycles. The van der Waals surface area contributed by atoms with Crippen LogP contribution in [-0.2, 0) is 6.54 Å². The zero-order chi connectivity index (χ0) is 14.0. The molecule has 0 radical (unpaired) electrons. The molecule has 1 N–H and O–H groups in total. The number of hydrogen-bond acceptors (Lipinski definition) is 4. The van der Waals surface area contributed by atoms with Crippen molar-refractivity contribution in [3.63, 3.8) is 0 Å². The van der Waals surface area contributed by atoms with Crippen LogP contribution in [0.5, 0.6) is 0 Å². The Morgan fingerprint density at radius 3 is 2.74 bits per heavy atom. The second kappa shape index (κ2) is 4.81. The Morgan fingerprint density at radius 1 is 1.42 bits per heavy atom. The minimum absolute atomic E-state index is 0.0482. The first-order valence-electron chi connectivity index (χ1n) is 5.03. The maximum atomic E-state index is 13.2.